The fourth-order valence-electron chi connectivity index (χ4n) is 0.937. The molecule has 12 heavy (non-hydrogen) atoms. The zero-order chi connectivity index (χ0) is 8.97. The normalized spacial score (nSPS) is 12.3. The monoisotopic (exact) mass is 182 g/mol. The van der Waals surface area contributed by atoms with E-state index in [9.17, 15) is 4.21 Å². The van der Waals surface area contributed by atoms with Crippen molar-refractivity contribution in [3.05, 3.63) is 24.0 Å². The van der Waals surface area contributed by atoms with E-state index in [0.717, 1.165) is 0 Å². The van der Waals surface area contributed by atoms with Gasteiger partial charge in [-0.25, -0.2) is 0 Å². The standard InChI is InChI=1S/C8H10N2OS/c1-12(11)6-5-10-4-2-3-8(10)7-9/h2-4H,5-6H2,1H3. The van der Waals surface area contributed by atoms with Crippen molar-refractivity contribution >= 4 is 10.8 Å². The second-order valence-corrected chi connectivity index (χ2v) is 4.03. The molecule has 0 spiro atoms. The molecule has 0 saturated heterocycles. The number of rotatable bonds is 3. The van der Waals surface area contributed by atoms with Gasteiger partial charge in [0.15, 0.2) is 0 Å². The Morgan fingerprint density at radius 1 is 1.75 bits per heavy atom. The first kappa shape index (κ1) is 9.01. The summed E-state index contributed by atoms with van der Waals surface area (Å²) in [5, 5.41) is 8.63. The molecule has 1 heterocycles. The van der Waals surface area contributed by atoms with E-state index in [0.29, 0.717) is 18.0 Å². The Labute approximate surface area is 74.1 Å². The van der Waals surface area contributed by atoms with Crippen LogP contribution in [0.15, 0.2) is 18.3 Å². The van der Waals surface area contributed by atoms with Crippen molar-refractivity contribution in [2.75, 3.05) is 12.0 Å². The predicted molar refractivity (Wildman–Crippen MR) is 48.1 cm³/mol. The van der Waals surface area contributed by atoms with Crippen LogP contribution in [-0.2, 0) is 17.3 Å². The van der Waals surface area contributed by atoms with Gasteiger partial charge in [0.05, 0.1) is 0 Å². The molecule has 0 N–H and O–H groups in total. The Bertz CT molecular complexity index is 324. The molecule has 3 nitrogen and oxygen atoms in total. The zero-order valence-electron chi connectivity index (χ0n) is 6.86. The number of hydrogen-bond donors (Lipinski definition) is 0. The Balaban J connectivity index is 2.64. The summed E-state index contributed by atoms with van der Waals surface area (Å²) in [6.07, 6.45) is 3.49. The van der Waals surface area contributed by atoms with Gasteiger partial charge in [-0.05, 0) is 12.1 Å². The van der Waals surface area contributed by atoms with Crippen molar-refractivity contribution in [1.29, 1.82) is 5.26 Å². The first-order chi connectivity index (χ1) is 5.74. The lowest BCUT2D eigenvalue weighted by Crippen LogP contribution is -2.06. The largest absolute Gasteiger partial charge is 0.339 e. The summed E-state index contributed by atoms with van der Waals surface area (Å²) in [4.78, 5) is 0. The van der Waals surface area contributed by atoms with Crippen molar-refractivity contribution in [1.82, 2.24) is 4.57 Å². The van der Waals surface area contributed by atoms with Crippen molar-refractivity contribution in [3.8, 4) is 6.07 Å². The topological polar surface area (TPSA) is 45.8 Å². The molecule has 0 aliphatic heterocycles. The van der Waals surface area contributed by atoms with Gasteiger partial charge in [0.2, 0.25) is 0 Å². The van der Waals surface area contributed by atoms with E-state index in [-0.39, 0.29) is 0 Å². The quantitative estimate of drug-likeness (QED) is 0.692. The molecule has 0 aliphatic rings. The number of aryl methyl sites for hydroxylation is 1. The summed E-state index contributed by atoms with van der Waals surface area (Å²) in [6, 6.07) is 5.63. The van der Waals surface area contributed by atoms with Crippen molar-refractivity contribution in [3.63, 3.8) is 0 Å². The number of hydrogen-bond acceptors (Lipinski definition) is 2. The maximum Gasteiger partial charge on any atom is 0.120 e. The van der Waals surface area contributed by atoms with Crippen LogP contribution in [0.5, 0.6) is 0 Å². The van der Waals surface area contributed by atoms with Gasteiger partial charge in [-0.2, -0.15) is 5.26 Å². The molecular weight excluding hydrogens is 172 g/mol. The third kappa shape index (κ3) is 2.21. The highest BCUT2D eigenvalue weighted by Crippen LogP contribution is 1.99. The second-order valence-electron chi connectivity index (χ2n) is 2.48. The molecule has 0 aliphatic carbocycles. The third-order valence-electron chi connectivity index (χ3n) is 1.56. The van der Waals surface area contributed by atoms with Crippen molar-refractivity contribution in [2.45, 2.75) is 6.54 Å². The summed E-state index contributed by atoms with van der Waals surface area (Å²) in [5.74, 6) is 0.601. The number of nitriles is 1. The maximum atomic E-state index is 10.8. The van der Waals surface area contributed by atoms with Gasteiger partial charge in [-0.1, -0.05) is 0 Å². The lowest BCUT2D eigenvalue weighted by Gasteiger charge is -2.01. The van der Waals surface area contributed by atoms with Crippen LogP contribution in [0.4, 0.5) is 0 Å². The van der Waals surface area contributed by atoms with Gasteiger partial charge in [0, 0.05) is 35.5 Å². The lowest BCUT2D eigenvalue weighted by molar-refractivity contribution is 0.677. The highest BCUT2D eigenvalue weighted by atomic mass is 32.2. The number of aromatic nitrogens is 1. The zero-order valence-corrected chi connectivity index (χ0v) is 7.67. The molecule has 1 aromatic heterocycles. The minimum absolute atomic E-state index is 0.601. The average molecular weight is 182 g/mol. The Morgan fingerprint density at radius 3 is 3.08 bits per heavy atom. The second kappa shape index (κ2) is 4.07. The van der Waals surface area contributed by atoms with Gasteiger partial charge in [-0.3, -0.25) is 4.21 Å². The smallest absolute Gasteiger partial charge is 0.120 e. The van der Waals surface area contributed by atoms with E-state index in [1.165, 1.54) is 0 Å². The summed E-state index contributed by atoms with van der Waals surface area (Å²) in [6.45, 7) is 0.652. The van der Waals surface area contributed by atoms with E-state index >= 15 is 0 Å². The summed E-state index contributed by atoms with van der Waals surface area (Å²) >= 11 is 0. The molecule has 4 heteroatoms. The van der Waals surface area contributed by atoms with Crippen LogP contribution in [-0.4, -0.2) is 20.8 Å². The highest BCUT2D eigenvalue weighted by molar-refractivity contribution is 7.84. The van der Waals surface area contributed by atoms with Gasteiger partial charge in [-0.15, -0.1) is 0 Å². The minimum Gasteiger partial charge on any atom is -0.339 e. The van der Waals surface area contributed by atoms with Crippen LogP contribution < -0.4 is 0 Å². The summed E-state index contributed by atoms with van der Waals surface area (Å²) < 4.78 is 12.6. The molecule has 0 radical (unpaired) electrons. The minimum atomic E-state index is -0.791. The fraction of sp³-hybridized carbons (Fsp3) is 0.375. The molecule has 1 rings (SSSR count). The van der Waals surface area contributed by atoms with Crippen molar-refractivity contribution in [2.24, 2.45) is 0 Å². The first-order valence-corrected chi connectivity index (χ1v) is 5.32. The maximum absolute atomic E-state index is 10.8. The molecule has 1 atom stereocenters. The van der Waals surface area contributed by atoms with E-state index in [4.69, 9.17) is 5.26 Å². The highest BCUT2D eigenvalue weighted by Gasteiger charge is 1.98. The molecule has 1 aromatic rings. The van der Waals surface area contributed by atoms with Crippen LogP contribution in [0.2, 0.25) is 0 Å². The molecule has 0 fully saturated rings. The summed E-state index contributed by atoms with van der Waals surface area (Å²) in [7, 11) is -0.791. The third-order valence-corrected chi connectivity index (χ3v) is 2.32. The molecule has 0 amide bonds. The molecule has 0 bridgehead atoms. The van der Waals surface area contributed by atoms with Crippen LogP contribution in [0.3, 0.4) is 0 Å². The molecule has 64 valence electrons. The van der Waals surface area contributed by atoms with Gasteiger partial charge < -0.3 is 4.57 Å². The molecule has 1 unspecified atom stereocenters. The van der Waals surface area contributed by atoms with Crippen molar-refractivity contribution < 1.29 is 4.21 Å². The molecule has 0 saturated carbocycles. The van der Waals surface area contributed by atoms with Crippen LogP contribution in [0, 0.1) is 11.3 Å². The van der Waals surface area contributed by atoms with E-state index in [1.54, 1.807) is 16.9 Å². The van der Waals surface area contributed by atoms with E-state index < -0.39 is 10.8 Å². The molecule has 0 aromatic carbocycles. The fourth-order valence-corrected chi connectivity index (χ4v) is 1.39. The number of nitrogens with zero attached hydrogens (tertiary/aromatic N) is 2. The Hall–Kier alpha value is -1.08. The summed E-state index contributed by atoms with van der Waals surface area (Å²) in [5.41, 5.74) is 0.625. The lowest BCUT2D eigenvalue weighted by atomic mass is 10.5. The van der Waals surface area contributed by atoms with Gasteiger partial charge in [0.1, 0.15) is 11.8 Å². The van der Waals surface area contributed by atoms with Gasteiger partial charge >= 0.3 is 0 Å². The van der Waals surface area contributed by atoms with E-state index in [1.807, 2.05) is 12.3 Å². The first-order valence-electron chi connectivity index (χ1n) is 3.59. The van der Waals surface area contributed by atoms with Crippen LogP contribution >= 0.6 is 0 Å². The van der Waals surface area contributed by atoms with Crippen LogP contribution in [0.25, 0.3) is 0 Å². The molecular formula is C8H10N2OS. The SMILES string of the molecule is CS(=O)CCn1cccc1C#N. The van der Waals surface area contributed by atoms with Gasteiger partial charge in [0.25, 0.3) is 0 Å². The van der Waals surface area contributed by atoms with E-state index in [2.05, 4.69) is 6.07 Å². The predicted octanol–water partition coefficient (Wildman–Crippen LogP) is 0.738. The average Bonchev–Trinajstić information content (AvgIpc) is 2.47. The Morgan fingerprint density at radius 2 is 2.50 bits per heavy atom. The van der Waals surface area contributed by atoms with Crippen LogP contribution in [0.1, 0.15) is 5.69 Å². The Kier molecular flexibility index (Phi) is 3.06.